The van der Waals surface area contributed by atoms with Gasteiger partial charge in [0.2, 0.25) is 0 Å². The number of carbonyl (C=O) groups excluding carboxylic acids is 1. The van der Waals surface area contributed by atoms with E-state index in [2.05, 4.69) is 32.4 Å². The van der Waals surface area contributed by atoms with Gasteiger partial charge >= 0.3 is 0 Å². The Morgan fingerprint density at radius 1 is 1.18 bits per heavy atom. The fourth-order valence-corrected chi connectivity index (χ4v) is 3.22. The van der Waals surface area contributed by atoms with Crippen molar-refractivity contribution in [3.05, 3.63) is 46.2 Å². The van der Waals surface area contributed by atoms with Crippen LogP contribution in [0, 0.1) is 0 Å². The molecule has 5 nitrogen and oxygen atoms in total. The first-order valence-corrected chi connectivity index (χ1v) is 8.46. The Morgan fingerprint density at radius 2 is 1.95 bits per heavy atom. The molecule has 0 N–H and O–H groups in total. The number of carbonyl (C=O) groups is 1. The molecule has 1 aromatic heterocycles. The molecule has 1 amide bonds. The Morgan fingerprint density at radius 3 is 2.68 bits per heavy atom. The van der Waals surface area contributed by atoms with Crippen molar-refractivity contribution in [1.82, 2.24) is 19.9 Å². The molecule has 2 aromatic rings. The number of aromatic nitrogens is 3. The number of benzene rings is 1. The van der Waals surface area contributed by atoms with Crippen LogP contribution in [0.3, 0.4) is 0 Å². The highest BCUT2D eigenvalue weighted by molar-refractivity contribution is 9.10. The second kappa shape index (κ2) is 5.50. The van der Waals surface area contributed by atoms with Crippen molar-refractivity contribution >= 4 is 21.8 Å². The van der Waals surface area contributed by atoms with Crippen molar-refractivity contribution in [3.63, 3.8) is 0 Å². The molecule has 1 aromatic carbocycles. The summed E-state index contributed by atoms with van der Waals surface area (Å²) in [6.45, 7) is 1.49. The van der Waals surface area contributed by atoms with E-state index >= 15 is 0 Å². The molecule has 2 heterocycles. The van der Waals surface area contributed by atoms with Gasteiger partial charge in [0.25, 0.3) is 5.91 Å². The number of halogens is 1. The molecular weight excluding hydrogens is 344 g/mol. The highest BCUT2D eigenvalue weighted by Gasteiger charge is 2.31. The second-order valence-electron chi connectivity index (χ2n) is 6.10. The highest BCUT2D eigenvalue weighted by atomic mass is 79.9. The first-order chi connectivity index (χ1) is 10.7. The quantitative estimate of drug-likeness (QED) is 0.845. The lowest BCUT2D eigenvalue weighted by Gasteiger charge is -2.16. The van der Waals surface area contributed by atoms with Gasteiger partial charge in [0, 0.05) is 35.2 Å². The van der Waals surface area contributed by atoms with Gasteiger partial charge in [-0.15, -0.1) is 5.10 Å². The highest BCUT2D eigenvalue weighted by Crippen LogP contribution is 2.39. The molecule has 22 heavy (non-hydrogen) atoms. The van der Waals surface area contributed by atoms with Crippen LogP contribution in [-0.2, 0) is 0 Å². The first kappa shape index (κ1) is 13.9. The topological polar surface area (TPSA) is 51.0 Å². The molecule has 2 fully saturated rings. The van der Waals surface area contributed by atoms with Gasteiger partial charge in [0.15, 0.2) is 0 Å². The Labute approximate surface area is 137 Å². The van der Waals surface area contributed by atoms with Crippen LogP contribution >= 0.6 is 15.9 Å². The minimum Gasteiger partial charge on any atom is -0.336 e. The third kappa shape index (κ3) is 2.67. The molecule has 114 valence electrons. The minimum atomic E-state index is 0.0949. The largest absolute Gasteiger partial charge is 0.336 e. The van der Waals surface area contributed by atoms with E-state index in [0.29, 0.717) is 12.5 Å². The van der Waals surface area contributed by atoms with Crippen molar-refractivity contribution < 1.29 is 4.79 Å². The van der Waals surface area contributed by atoms with E-state index in [1.165, 1.54) is 12.8 Å². The second-order valence-corrected chi connectivity index (χ2v) is 7.01. The Kier molecular flexibility index (Phi) is 3.48. The summed E-state index contributed by atoms with van der Waals surface area (Å²) in [5.41, 5.74) is 1.85. The van der Waals surface area contributed by atoms with Gasteiger partial charge in [-0.1, -0.05) is 21.1 Å². The fourth-order valence-electron chi connectivity index (χ4n) is 2.95. The smallest absolute Gasteiger partial charge is 0.253 e. The summed E-state index contributed by atoms with van der Waals surface area (Å²) in [6, 6.07) is 7.78. The van der Waals surface area contributed by atoms with E-state index < -0.39 is 0 Å². The molecule has 1 aliphatic heterocycles. The maximum absolute atomic E-state index is 12.5. The zero-order valence-corrected chi connectivity index (χ0v) is 13.7. The van der Waals surface area contributed by atoms with E-state index in [-0.39, 0.29) is 11.9 Å². The molecule has 0 bridgehead atoms. The van der Waals surface area contributed by atoms with E-state index in [0.717, 1.165) is 28.7 Å². The summed E-state index contributed by atoms with van der Waals surface area (Å²) >= 11 is 3.39. The van der Waals surface area contributed by atoms with E-state index in [4.69, 9.17) is 0 Å². The van der Waals surface area contributed by atoms with Gasteiger partial charge in [0.1, 0.15) is 0 Å². The Hall–Kier alpha value is -1.69. The number of amides is 1. The van der Waals surface area contributed by atoms with Gasteiger partial charge < -0.3 is 4.90 Å². The molecule has 4 rings (SSSR count). The lowest BCUT2D eigenvalue weighted by molar-refractivity contribution is 0.0787. The van der Waals surface area contributed by atoms with E-state index in [1.807, 2.05) is 33.8 Å². The van der Waals surface area contributed by atoms with E-state index in [1.54, 1.807) is 0 Å². The Balaban J connectivity index is 1.44. The number of hydrogen-bond donors (Lipinski definition) is 0. The number of likely N-dealkylation sites (tertiary alicyclic amines) is 1. The van der Waals surface area contributed by atoms with Gasteiger partial charge in [-0.3, -0.25) is 4.79 Å². The van der Waals surface area contributed by atoms with Crippen LogP contribution < -0.4 is 0 Å². The first-order valence-electron chi connectivity index (χ1n) is 7.67. The summed E-state index contributed by atoms with van der Waals surface area (Å²) < 4.78 is 2.93. The molecule has 1 atom stereocenters. The van der Waals surface area contributed by atoms with Crippen molar-refractivity contribution in [1.29, 1.82) is 0 Å². The van der Waals surface area contributed by atoms with Crippen molar-refractivity contribution in [2.75, 3.05) is 13.1 Å². The number of hydrogen-bond acceptors (Lipinski definition) is 3. The standard InChI is InChI=1S/C16H17BrN4O/c17-13-5-3-12(4-6-13)16(22)20-8-7-14(9-20)21-10-15(18-19-21)11-1-2-11/h3-6,10-11,14H,1-2,7-9H2. The fraction of sp³-hybridized carbons (Fsp3) is 0.438. The van der Waals surface area contributed by atoms with Crippen LogP contribution in [0.2, 0.25) is 0 Å². The van der Waals surface area contributed by atoms with Crippen molar-refractivity contribution in [2.45, 2.75) is 31.2 Å². The van der Waals surface area contributed by atoms with Crippen LogP contribution in [-0.4, -0.2) is 38.9 Å². The average Bonchev–Trinajstić information content (AvgIpc) is 3.07. The normalized spacial score (nSPS) is 21.3. The minimum absolute atomic E-state index is 0.0949. The molecule has 1 saturated carbocycles. The monoisotopic (exact) mass is 360 g/mol. The van der Waals surface area contributed by atoms with Crippen molar-refractivity contribution in [2.24, 2.45) is 0 Å². The maximum Gasteiger partial charge on any atom is 0.253 e. The third-order valence-electron chi connectivity index (χ3n) is 4.44. The van der Waals surface area contributed by atoms with Crippen LogP contribution in [0.15, 0.2) is 34.9 Å². The molecule has 1 aliphatic carbocycles. The molecule has 6 heteroatoms. The van der Waals surface area contributed by atoms with Gasteiger partial charge in [0.05, 0.1) is 11.7 Å². The average molecular weight is 361 g/mol. The molecule has 1 unspecified atom stereocenters. The van der Waals surface area contributed by atoms with Gasteiger partial charge in [-0.2, -0.15) is 0 Å². The zero-order valence-electron chi connectivity index (χ0n) is 12.2. The van der Waals surface area contributed by atoms with Crippen LogP contribution in [0.1, 0.15) is 47.3 Å². The maximum atomic E-state index is 12.5. The molecule has 0 radical (unpaired) electrons. The summed E-state index contributed by atoms with van der Waals surface area (Å²) in [7, 11) is 0. The number of rotatable bonds is 3. The predicted octanol–water partition coefficient (Wildman–Crippen LogP) is 3.01. The Bertz CT molecular complexity index is 692. The van der Waals surface area contributed by atoms with Gasteiger partial charge in [-0.25, -0.2) is 4.68 Å². The predicted molar refractivity (Wildman–Crippen MR) is 85.7 cm³/mol. The molecule has 0 spiro atoms. The molecule has 1 saturated heterocycles. The van der Waals surface area contributed by atoms with Crippen molar-refractivity contribution in [3.8, 4) is 0 Å². The summed E-state index contributed by atoms with van der Waals surface area (Å²) in [6.07, 6.45) is 5.47. The molecule has 2 aliphatic rings. The SMILES string of the molecule is O=C(c1ccc(Br)cc1)N1CCC(n2cc(C3CC3)nn2)C1. The van der Waals surface area contributed by atoms with Crippen LogP contribution in [0.5, 0.6) is 0 Å². The lowest BCUT2D eigenvalue weighted by Crippen LogP contribution is -2.29. The van der Waals surface area contributed by atoms with Crippen LogP contribution in [0.25, 0.3) is 0 Å². The number of nitrogens with zero attached hydrogens (tertiary/aromatic N) is 4. The van der Waals surface area contributed by atoms with E-state index in [9.17, 15) is 4.79 Å². The summed E-state index contributed by atoms with van der Waals surface area (Å²) in [5.74, 6) is 0.716. The van der Waals surface area contributed by atoms with Crippen LogP contribution in [0.4, 0.5) is 0 Å². The summed E-state index contributed by atoms with van der Waals surface area (Å²) in [4.78, 5) is 14.4. The summed E-state index contributed by atoms with van der Waals surface area (Å²) in [5, 5.41) is 8.52. The van der Waals surface area contributed by atoms with Gasteiger partial charge in [-0.05, 0) is 43.5 Å². The molecular formula is C16H17BrN4O. The zero-order chi connectivity index (χ0) is 15.1. The third-order valence-corrected chi connectivity index (χ3v) is 4.97. The lowest BCUT2D eigenvalue weighted by atomic mass is 10.2.